The quantitative estimate of drug-likeness (QED) is 0.147. The number of allylic oxidation sites excluding steroid dienone is 2. The third kappa shape index (κ3) is 6.97. The number of rotatable bonds is 9. The number of aromatic nitrogens is 1. The lowest BCUT2D eigenvalue weighted by Gasteiger charge is -2.11. The van der Waals surface area contributed by atoms with Crippen LogP contribution in [0.2, 0.25) is 0 Å². The van der Waals surface area contributed by atoms with Gasteiger partial charge in [0.25, 0.3) is 0 Å². The van der Waals surface area contributed by atoms with Crippen LogP contribution in [0.1, 0.15) is 5.76 Å². The first kappa shape index (κ1) is 38.0. The van der Waals surface area contributed by atoms with Gasteiger partial charge in [-0.05, 0) is 122 Å². The number of furan rings is 1. The van der Waals surface area contributed by atoms with Crippen LogP contribution in [0.25, 0.3) is 111 Å². The maximum absolute atomic E-state index is 6.84. The van der Waals surface area contributed by atoms with Gasteiger partial charge in [0, 0.05) is 39.0 Å². The number of anilines is 1. The molecule has 0 fully saturated rings. The van der Waals surface area contributed by atoms with Crippen LogP contribution in [0.5, 0.6) is 0 Å². The summed E-state index contributed by atoms with van der Waals surface area (Å²) in [6.45, 7) is 0. The Morgan fingerprint density at radius 2 is 1.05 bits per heavy atom. The second-order valence-electron chi connectivity index (χ2n) is 16.6. The number of nitrogens with zero attached hydrogens (tertiary/aromatic N) is 1. The number of para-hydroxylation sites is 1. The van der Waals surface area contributed by atoms with Crippen LogP contribution in [0.15, 0.2) is 247 Å². The van der Waals surface area contributed by atoms with E-state index < -0.39 is 0 Å². The van der Waals surface area contributed by atoms with Crippen molar-refractivity contribution in [2.24, 2.45) is 0 Å². The summed E-state index contributed by atoms with van der Waals surface area (Å²) in [5.41, 5.74) is 14.6. The first-order valence-corrected chi connectivity index (χ1v) is 22.2. The summed E-state index contributed by atoms with van der Waals surface area (Å²) >= 11 is 0. The summed E-state index contributed by atoms with van der Waals surface area (Å²) in [6.07, 6.45) is 8.16. The third-order valence-electron chi connectivity index (χ3n) is 12.7. The van der Waals surface area contributed by atoms with Crippen molar-refractivity contribution in [1.29, 1.82) is 0 Å². The van der Waals surface area contributed by atoms with Crippen LogP contribution in [0.4, 0.5) is 5.69 Å². The Morgan fingerprint density at radius 3 is 1.94 bits per heavy atom. The van der Waals surface area contributed by atoms with Gasteiger partial charge < -0.3 is 14.3 Å². The molecule has 1 N–H and O–H groups in total. The largest absolute Gasteiger partial charge is 0.456 e. The van der Waals surface area contributed by atoms with Gasteiger partial charge in [-0.3, -0.25) is 0 Å². The fourth-order valence-corrected chi connectivity index (χ4v) is 9.59. The van der Waals surface area contributed by atoms with Crippen molar-refractivity contribution in [3.63, 3.8) is 0 Å². The number of benzene rings is 10. The summed E-state index contributed by atoms with van der Waals surface area (Å²) < 4.78 is 9.23. The fourth-order valence-electron chi connectivity index (χ4n) is 9.59. The molecule has 12 rings (SSSR count). The zero-order valence-corrected chi connectivity index (χ0v) is 35.5. The molecule has 0 aliphatic carbocycles. The molecule has 2 aromatic heterocycles. The normalized spacial score (nSPS) is 11.9. The van der Waals surface area contributed by atoms with E-state index in [1.54, 1.807) is 0 Å². The van der Waals surface area contributed by atoms with E-state index in [9.17, 15) is 0 Å². The summed E-state index contributed by atoms with van der Waals surface area (Å²) in [6, 6.07) is 80.3. The highest BCUT2D eigenvalue weighted by molar-refractivity contribution is 6.11. The van der Waals surface area contributed by atoms with E-state index in [4.69, 9.17) is 4.42 Å². The minimum absolute atomic E-state index is 0.802. The maximum Gasteiger partial charge on any atom is 0.136 e. The van der Waals surface area contributed by atoms with Gasteiger partial charge >= 0.3 is 0 Å². The molecular formula is C62H42N2O. The Balaban J connectivity index is 0.900. The molecule has 2 heterocycles. The van der Waals surface area contributed by atoms with E-state index in [-0.39, 0.29) is 0 Å². The molecule has 0 atom stereocenters. The van der Waals surface area contributed by atoms with Crippen LogP contribution < -0.4 is 5.32 Å². The highest BCUT2D eigenvalue weighted by Gasteiger charge is 2.18. The van der Waals surface area contributed by atoms with Gasteiger partial charge in [0.05, 0.1) is 16.7 Å². The Morgan fingerprint density at radius 1 is 0.385 bits per heavy atom. The molecule has 0 amide bonds. The summed E-state index contributed by atoms with van der Waals surface area (Å²) in [5.74, 6) is 0.802. The van der Waals surface area contributed by atoms with Crippen molar-refractivity contribution in [2.45, 2.75) is 0 Å². The van der Waals surface area contributed by atoms with Gasteiger partial charge in [0.2, 0.25) is 0 Å². The van der Waals surface area contributed by atoms with E-state index >= 15 is 0 Å². The van der Waals surface area contributed by atoms with E-state index in [0.717, 1.165) is 44.7 Å². The number of fused-ring (bicyclic) bond motifs is 6. The Bertz CT molecular complexity index is 3800. The van der Waals surface area contributed by atoms with Gasteiger partial charge in [-0.25, -0.2) is 0 Å². The van der Waals surface area contributed by atoms with Gasteiger partial charge in [-0.1, -0.05) is 176 Å². The number of nitrogens with one attached hydrogen (secondary N) is 1. The zero-order valence-electron chi connectivity index (χ0n) is 35.5. The smallest absolute Gasteiger partial charge is 0.136 e. The molecule has 0 saturated heterocycles. The average molecular weight is 831 g/mol. The molecule has 0 bridgehead atoms. The Hall–Kier alpha value is -8.66. The second kappa shape index (κ2) is 16.2. The second-order valence-corrected chi connectivity index (χ2v) is 16.6. The zero-order chi connectivity index (χ0) is 43.1. The van der Waals surface area contributed by atoms with Crippen molar-refractivity contribution in [1.82, 2.24) is 4.57 Å². The monoisotopic (exact) mass is 830 g/mol. The molecule has 0 spiro atoms. The van der Waals surface area contributed by atoms with Crippen LogP contribution in [-0.4, -0.2) is 4.57 Å². The average Bonchev–Trinajstić information content (AvgIpc) is 3.91. The SMILES string of the molecule is C(=C/c1oc2cc(-c3ccccc3-c3ccccc3)ccc2c1-c1cccc(-c2ccc3ccccc3c2)c1)/C=C/Nc1ccc2c(c1)c1ccccc1n2-c1cccc2ccccc12. The van der Waals surface area contributed by atoms with Crippen LogP contribution in [-0.2, 0) is 0 Å². The number of hydrogen-bond acceptors (Lipinski definition) is 2. The van der Waals surface area contributed by atoms with E-state index in [0.29, 0.717) is 0 Å². The van der Waals surface area contributed by atoms with Crippen molar-refractivity contribution in [3.05, 3.63) is 249 Å². The summed E-state index contributed by atoms with van der Waals surface area (Å²) in [4.78, 5) is 0. The maximum atomic E-state index is 6.84. The van der Waals surface area contributed by atoms with Crippen molar-refractivity contribution in [3.8, 4) is 50.2 Å². The van der Waals surface area contributed by atoms with Crippen LogP contribution in [0, 0.1) is 0 Å². The van der Waals surface area contributed by atoms with Gasteiger partial charge in [0.1, 0.15) is 11.3 Å². The lowest BCUT2D eigenvalue weighted by Crippen LogP contribution is -1.95. The molecule has 12 aromatic rings. The molecule has 306 valence electrons. The molecular weight excluding hydrogens is 789 g/mol. The third-order valence-corrected chi connectivity index (χ3v) is 12.7. The molecule has 65 heavy (non-hydrogen) atoms. The number of hydrogen-bond donors (Lipinski definition) is 1. The van der Waals surface area contributed by atoms with Crippen LogP contribution >= 0.6 is 0 Å². The topological polar surface area (TPSA) is 30.1 Å². The van der Waals surface area contributed by atoms with Gasteiger partial charge in [0.15, 0.2) is 0 Å². The summed E-state index contributed by atoms with van der Waals surface area (Å²) in [5, 5.41) is 12.0. The van der Waals surface area contributed by atoms with Crippen molar-refractivity contribution >= 4 is 66.1 Å². The molecule has 3 heteroatoms. The Kier molecular flexibility index (Phi) is 9.50. The van der Waals surface area contributed by atoms with E-state index in [1.807, 2.05) is 12.3 Å². The molecule has 0 aliphatic rings. The lowest BCUT2D eigenvalue weighted by molar-refractivity contribution is 0.605. The lowest BCUT2D eigenvalue weighted by atomic mass is 9.93. The fraction of sp³-hybridized carbons (Fsp3) is 0. The van der Waals surface area contributed by atoms with E-state index in [2.05, 4.69) is 246 Å². The van der Waals surface area contributed by atoms with Crippen molar-refractivity contribution < 1.29 is 4.42 Å². The highest BCUT2D eigenvalue weighted by Crippen LogP contribution is 2.41. The predicted octanol–water partition coefficient (Wildman–Crippen LogP) is 17.1. The summed E-state index contributed by atoms with van der Waals surface area (Å²) in [7, 11) is 0. The van der Waals surface area contributed by atoms with Crippen LogP contribution in [0.3, 0.4) is 0 Å². The van der Waals surface area contributed by atoms with Gasteiger partial charge in [-0.15, -0.1) is 0 Å². The molecule has 0 unspecified atom stereocenters. The van der Waals surface area contributed by atoms with Crippen molar-refractivity contribution in [2.75, 3.05) is 5.32 Å². The standard InChI is InChI=1S/C62H42N2O/c1-2-17-43(18-3-1)51-24-8-9-25-52(51)48-33-35-55-61(40-48)65-60(62(55)49-23-14-22-46(39-49)47-32-31-42-16-4-5-20-45(42)38-47)30-12-13-37-63-50-34-36-59-56(41-50)54-27-10-11-28-58(54)64(59)57-29-15-21-44-19-6-7-26-53(44)57/h1-41,63H/b30-12-,37-13+. The molecule has 0 saturated carbocycles. The van der Waals surface area contributed by atoms with Gasteiger partial charge in [-0.2, -0.15) is 0 Å². The Labute approximate surface area is 377 Å². The minimum atomic E-state index is 0.802. The predicted molar refractivity (Wildman–Crippen MR) is 276 cm³/mol. The first-order chi connectivity index (χ1) is 32.2. The molecule has 0 radical (unpaired) electrons. The molecule has 3 nitrogen and oxygen atoms in total. The minimum Gasteiger partial charge on any atom is -0.456 e. The molecule has 10 aromatic carbocycles. The molecule has 0 aliphatic heterocycles. The highest BCUT2D eigenvalue weighted by atomic mass is 16.3. The van der Waals surface area contributed by atoms with E-state index in [1.165, 1.54) is 71.3 Å². The first-order valence-electron chi connectivity index (χ1n) is 22.2.